The van der Waals surface area contributed by atoms with Gasteiger partial charge in [0.1, 0.15) is 0 Å². The zero-order chi connectivity index (χ0) is 11.8. The van der Waals surface area contributed by atoms with Gasteiger partial charge in [-0.15, -0.1) is 0 Å². The highest BCUT2D eigenvalue weighted by Crippen LogP contribution is 2.46. The van der Waals surface area contributed by atoms with E-state index in [0.717, 1.165) is 0 Å². The molecule has 0 aromatic rings. The van der Waals surface area contributed by atoms with Crippen LogP contribution in [0.3, 0.4) is 0 Å². The molecule has 1 heterocycles. The summed E-state index contributed by atoms with van der Waals surface area (Å²) in [5, 5.41) is 8.87. The van der Waals surface area contributed by atoms with Gasteiger partial charge in [0.25, 0.3) is 0 Å². The van der Waals surface area contributed by atoms with Crippen LogP contribution in [0.25, 0.3) is 0 Å². The van der Waals surface area contributed by atoms with Gasteiger partial charge < -0.3 is 9.84 Å². The van der Waals surface area contributed by atoms with E-state index in [1.165, 1.54) is 0 Å². The van der Waals surface area contributed by atoms with Gasteiger partial charge in [-0.1, -0.05) is 0 Å². The lowest BCUT2D eigenvalue weighted by Crippen LogP contribution is -2.39. The van der Waals surface area contributed by atoms with Crippen LogP contribution in [-0.4, -0.2) is 23.0 Å². The highest BCUT2D eigenvalue weighted by Gasteiger charge is 2.44. The standard InChI is InChI=1S/C11H14O5/c12-8-5-11(6-9(13)16-8)3-1-7(2-4-11)10(14)15/h7H,1-6H2,(H,14,15). The quantitative estimate of drug-likeness (QED) is 0.535. The molecule has 2 rings (SSSR count). The van der Waals surface area contributed by atoms with Gasteiger partial charge in [-0.3, -0.25) is 14.4 Å². The zero-order valence-electron chi connectivity index (χ0n) is 8.90. The SMILES string of the molecule is O=C1CC2(CCC(C(=O)O)CC2)CC(=O)O1. The van der Waals surface area contributed by atoms with Crippen molar-refractivity contribution >= 4 is 17.9 Å². The van der Waals surface area contributed by atoms with Crippen LogP contribution in [0.5, 0.6) is 0 Å². The number of ether oxygens (including phenoxy) is 1. The Bertz CT molecular complexity index is 320. The van der Waals surface area contributed by atoms with E-state index >= 15 is 0 Å². The van der Waals surface area contributed by atoms with Crippen molar-refractivity contribution in [3.05, 3.63) is 0 Å². The van der Waals surface area contributed by atoms with E-state index in [1.807, 2.05) is 0 Å². The number of carbonyl (C=O) groups is 3. The molecule has 1 saturated carbocycles. The van der Waals surface area contributed by atoms with E-state index in [4.69, 9.17) is 5.11 Å². The van der Waals surface area contributed by atoms with Crippen LogP contribution in [0.4, 0.5) is 0 Å². The van der Waals surface area contributed by atoms with Gasteiger partial charge in [0.05, 0.1) is 18.8 Å². The average molecular weight is 226 g/mol. The molecule has 1 aliphatic heterocycles. The third-order valence-electron chi connectivity index (χ3n) is 3.66. The number of carboxylic acids is 1. The number of carbonyl (C=O) groups excluding carboxylic acids is 2. The Kier molecular flexibility index (Phi) is 2.69. The molecule has 1 aliphatic carbocycles. The Morgan fingerprint density at radius 1 is 1.19 bits per heavy atom. The first-order chi connectivity index (χ1) is 7.51. The van der Waals surface area contributed by atoms with Gasteiger partial charge in [-0.25, -0.2) is 0 Å². The van der Waals surface area contributed by atoms with E-state index < -0.39 is 17.9 Å². The number of hydrogen-bond donors (Lipinski definition) is 1. The van der Waals surface area contributed by atoms with E-state index in [9.17, 15) is 14.4 Å². The van der Waals surface area contributed by atoms with Crippen LogP contribution in [0, 0.1) is 11.3 Å². The molecule has 0 unspecified atom stereocenters. The Hall–Kier alpha value is -1.39. The molecular weight excluding hydrogens is 212 g/mol. The summed E-state index contributed by atoms with van der Waals surface area (Å²) in [5.41, 5.74) is -0.321. The molecule has 0 aromatic carbocycles. The number of cyclic esters (lactones) is 2. The van der Waals surface area contributed by atoms with Gasteiger partial charge in [0, 0.05) is 0 Å². The lowest BCUT2D eigenvalue weighted by atomic mass is 9.66. The molecular formula is C11H14O5. The fourth-order valence-electron chi connectivity index (χ4n) is 2.70. The van der Waals surface area contributed by atoms with Crippen molar-refractivity contribution in [3.8, 4) is 0 Å². The predicted molar refractivity (Wildman–Crippen MR) is 52.4 cm³/mol. The molecule has 2 aliphatic rings. The Balaban J connectivity index is 2.03. The maximum Gasteiger partial charge on any atom is 0.314 e. The topological polar surface area (TPSA) is 80.7 Å². The molecule has 5 heteroatoms. The van der Waals surface area contributed by atoms with Crippen LogP contribution >= 0.6 is 0 Å². The third kappa shape index (κ3) is 2.08. The second-order valence-electron chi connectivity index (χ2n) is 4.81. The van der Waals surface area contributed by atoms with Crippen molar-refractivity contribution in [2.24, 2.45) is 11.3 Å². The van der Waals surface area contributed by atoms with Crippen LogP contribution in [-0.2, 0) is 19.1 Å². The highest BCUT2D eigenvalue weighted by atomic mass is 16.6. The average Bonchev–Trinajstić information content (AvgIpc) is 2.16. The first kappa shape index (κ1) is 11.1. The molecule has 88 valence electrons. The van der Waals surface area contributed by atoms with Crippen molar-refractivity contribution in [2.75, 3.05) is 0 Å². The number of hydrogen-bond acceptors (Lipinski definition) is 4. The number of esters is 2. The Morgan fingerprint density at radius 3 is 2.12 bits per heavy atom. The fraction of sp³-hybridized carbons (Fsp3) is 0.727. The summed E-state index contributed by atoms with van der Waals surface area (Å²) in [4.78, 5) is 33.2. The minimum Gasteiger partial charge on any atom is -0.481 e. The van der Waals surface area contributed by atoms with Crippen molar-refractivity contribution in [2.45, 2.75) is 38.5 Å². The fourth-order valence-corrected chi connectivity index (χ4v) is 2.70. The molecule has 2 fully saturated rings. The number of rotatable bonds is 1. The van der Waals surface area contributed by atoms with Crippen LogP contribution in [0.1, 0.15) is 38.5 Å². The molecule has 16 heavy (non-hydrogen) atoms. The monoisotopic (exact) mass is 226 g/mol. The van der Waals surface area contributed by atoms with Gasteiger partial charge in [0.2, 0.25) is 0 Å². The largest absolute Gasteiger partial charge is 0.481 e. The van der Waals surface area contributed by atoms with Crippen LogP contribution in [0.15, 0.2) is 0 Å². The number of aliphatic carboxylic acids is 1. The summed E-state index contributed by atoms with van der Waals surface area (Å²) >= 11 is 0. The molecule has 1 N–H and O–H groups in total. The first-order valence-corrected chi connectivity index (χ1v) is 5.47. The van der Waals surface area contributed by atoms with Gasteiger partial charge >= 0.3 is 17.9 Å². The van der Waals surface area contributed by atoms with Gasteiger partial charge in [-0.2, -0.15) is 0 Å². The molecule has 1 saturated heterocycles. The molecule has 0 amide bonds. The molecule has 0 radical (unpaired) electrons. The summed E-state index contributed by atoms with van der Waals surface area (Å²) in [7, 11) is 0. The predicted octanol–water partition coefficient (Wildman–Crippen LogP) is 1.11. The highest BCUT2D eigenvalue weighted by molar-refractivity contribution is 5.89. The maximum atomic E-state index is 11.2. The van der Waals surface area contributed by atoms with E-state index in [-0.39, 0.29) is 24.2 Å². The van der Waals surface area contributed by atoms with Crippen molar-refractivity contribution in [1.82, 2.24) is 0 Å². The lowest BCUT2D eigenvalue weighted by molar-refractivity contribution is -0.171. The second-order valence-corrected chi connectivity index (χ2v) is 4.81. The summed E-state index contributed by atoms with van der Waals surface area (Å²) in [6.45, 7) is 0. The smallest absolute Gasteiger partial charge is 0.314 e. The normalized spacial score (nSPS) is 25.5. The molecule has 0 bridgehead atoms. The minimum absolute atomic E-state index is 0.255. The maximum absolute atomic E-state index is 11.2. The summed E-state index contributed by atoms with van der Waals surface area (Å²) in [6.07, 6.45) is 2.87. The van der Waals surface area contributed by atoms with E-state index in [2.05, 4.69) is 4.74 Å². The van der Waals surface area contributed by atoms with Crippen molar-refractivity contribution in [1.29, 1.82) is 0 Å². The summed E-state index contributed by atoms with van der Waals surface area (Å²) in [6, 6.07) is 0. The van der Waals surface area contributed by atoms with Crippen molar-refractivity contribution < 1.29 is 24.2 Å². The Labute approximate surface area is 92.8 Å². The second kappa shape index (κ2) is 3.88. The third-order valence-corrected chi connectivity index (χ3v) is 3.66. The van der Waals surface area contributed by atoms with Crippen LogP contribution in [0.2, 0.25) is 0 Å². The molecule has 5 nitrogen and oxygen atoms in total. The number of carboxylic acid groups (broad SMARTS) is 1. The Morgan fingerprint density at radius 2 is 1.69 bits per heavy atom. The van der Waals surface area contributed by atoms with Gasteiger partial charge in [0.15, 0.2) is 0 Å². The first-order valence-electron chi connectivity index (χ1n) is 5.47. The van der Waals surface area contributed by atoms with E-state index in [1.54, 1.807) is 0 Å². The molecule has 0 aromatic heterocycles. The summed E-state index contributed by atoms with van der Waals surface area (Å²) in [5.74, 6) is -2.03. The lowest BCUT2D eigenvalue weighted by Gasteiger charge is -2.39. The van der Waals surface area contributed by atoms with Crippen LogP contribution < -0.4 is 0 Å². The minimum atomic E-state index is -0.778. The molecule has 0 atom stereocenters. The molecule has 1 spiro atoms. The zero-order valence-corrected chi connectivity index (χ0v) is 8.90. The van der Waals surface area contributed by atoms with E-state index in [0.29, 0.717) is 25.7 Å². The van der Waals surface area contributed by atoms with Gasteiger partial charge in [-0.05, 0) is 31.1 Å². The van der Waals surface area contributed by atoms with Crippen molar-refractivity contribution in [3.63, 3.8) is 0 Å². The summed E-state index contributed by atoms with van der Waals surface area (Å²) < 4.78 is 4.49.